The third-order valence-electron chi connectivity index (χ3n) is 2.57. The predicted octanol–water partition coefficient (Wildman–Crippen LogP) is 3.77. The van der Waals surface area contributed by atoms with Crippen molar-refractivity contribution in [2.24, 2.45) is 0 Å². The van der Waals surface area contributed by atoms with E-state index in [9.17, 15) is 17.6 Å². The molecule has 1 heterocycles. The van der Waals surface area contributed by atoms with Crippen LogP contribution in [0.3, 0.4) is 0 Å². The molecule has 1 amide bonds. The average Bonchev–Trinajstić information content (AvgIpc) is 2.76. The number of carbonyl (C=O) groups is 1. The Balaban J connectivity index is 0.00000242. The molecule has 2 N–H and O–H groups in total. The van der Waals surface area contributed by atoms with Gasteiger partial charge in [-0.3, -0.25) is 9.35 Å². The molecule has 120 valence electrons. The lowest BCUT2D eigenvalue weighted by Crippen LogP contribution is -2.12. The maximum Gasteiger partial charge on any atom is 0.304 e. The van der Waals surface area contributed by atoms with Gasteiger partial charge in [0.1, 0.15) is 10.0 Å². The van der Waals surface area contributed by atoms with E-state index in [2.05, 4.69) is 5.32 Å². The van der Waals surface area contributed by atoms with Crippen LogP contribution >= 0.6 is 35.3 Å². The molecule has 0 saturated heterocycles. The van der Waals surface area contributed by atoms with Crippen molar-refractivity contribution in [3.8, 4) is 0 Å². The molecule has 1 aromatic heterocycles. The molecule has 0 bridgehead atoms. The fourth-order valence-corrected chi connectivity index (χ4v) is 3.56. The Morgan fingerprint density at radius 2 is 2.00 bits per heavy atom. The molecule has 10 heteroatoms. The largest absolute Gasteiger partial charge is 0.322 e. The summed E-state index contributed by atoms with van der Waals surface area (Å²) in [6, 6.07) is 4.74. The molecule has 0 aliphatic rings. The maximum atomic E-state index is 13.0. The zero-order valence-corrected chi connectivity index (χ0v) is 14.2. The van der Waals surface area contributed by atoms with Crippen molar-refractivity contribution in [3.63, 3.8) is 0 Å². The van der Waals surface area contributed by atoms with Gasteiger partial charge in [0.05, 0.1) is 10.6 Å². The first-order chi connectivity index (χ1) is 9.68. The minimum absolute atomic E-state index is 0. The SMILES string of the molecule is Cc1sc(S(=O)(=O)O)cc1C(=O)Nc1ccc(F)c(Cl)c1.Cl. The number of benzene rings is 1. The normalized spacial score (nSPS) is 10.9. The van der Waals surface area contributed by atoms with E-state index in [4.69, 9.17) is 16.2 Å². The molecule has 2 rings (SSSR count). The summed E-state index contributed by atoms with van der Waals surface area (Å²) >= 11 is 6.38. The third-order valence-corrected chi connectivity index (χ3v) is 5.21. The van der Waals surface area contributed by atoms with E-state index in [1.807, 2.05) is 0 Å². The predicted molar refractivity (Wildman–Crippen MR) is 85.5 cm³/mol. The molecule has 0 fully saturated rings. The summed E-state index contributed by atoms with van der Waals surface area (Å²) in [6.07, 6.45) is 0. The molecule has 0 spiro atoms. The second-order valence-electron chi connectivity index (χ2n) is 4.09. The zero-order chi connectivity index (χ0) is 15.8. The van der Waals surface area contributed by atoms with Crippen LogP contribution in [0.15, 0.2) is 28.5 Å². The minimum atomic E-state index is -4.36. The van der Waals surface area contributed by atoms with Crippen molar-refractivity contribution < 1.29 is 22.2 Å². The van der Waals surface area contributed by atoms with Crippen molar-refractivity contribution in [1.29, 1.82) is 0 Å². The van der Waals surface area contributed by atoms with Crippen LogP contribution in [0.4, 0.5) is 10.1 Å². The van der Waals surface area contributed by atoms with Gasteiger partial charge in [-0.1, -0.05) is 11.6 Å². The summed E-state index contributed by atoms with van der Waals surface area (Å²) < 4.78 is 43.7. The van der Waals surface area contributed by atoms with Crippen molar-refractivity contribution in [3.05, 3.63) is 45.5 Å². The average molecular weight is 386 g/mol. The Morgan fingerprint density at radius 3 is 2.50 bits per heavy atom. The van der Waals surface area contributed by atoms with E-state index in [0.29, 0.717) is 4.88 Å². The summed E-state index contributed by atoms with van der Waals surface area (Å²) in [6.45, 7) is 1.55. The fraction of sp³-hybridized carbons (Fsp3) is 0.0833. The van der Waals surface area contributed by atoms with Gasteiger partial charge in [0.2, 0.25) is 0 Å². The molecule has 0 aliphatic heterocycles. The van der Waals surface area contributed by atoms with E-state index in [-0.39, 0.29) is 32.9 Å². The van der Waals surface area contributed by atoms with Gasteiger partial charge in [-0.05, 0) is 31.2 Å². The maximum absolute atomic E-state index is 13.0. The number of thiophene rings is 1. The van der Waals surface area contributed by atoms with Gasteiger partial charge in [-0.25, -0.2) is 4.39 Å². The van der Waals surface area contributed by atoms with Crippen molar-refractivity contribution in [1.82, 2.24) is 0 Å². The fourth-order valence-electron chi connectivity index (χ4n) is 1.58. The molecular weight excluding hydrogens is 376 g/mol. The van der Waals surface area contributed by atoms with Crippen LogP contribution in [-0.4, -0.2) is 18.9 Å². The van der Waals surface area contributed by atoms with E-state index >= 15 is 0 Å². The van der Waals surface area contributed by atoms with Crippen LogP contribution in [0.5, 0.6) is 0 Å². The summed E-state index contributed by atoms with van der Waals surface area (Å²) in [5.74, 6) is -1.20. The molecule has 1 aromatic carbocycles. The summed E-state index contributed by atoms with van der Waals surface area (Å²) in [7, 11) is -4.36. The summed E-state index contributed by atoms with van der Waals surface area (Å²) in [4.78, 5) is 12.5. The van der Waals surface area contributed by atoms with Gasteiger partial charge >= 0.3 is 10.1 Å². The highest BCUT2D eigenvalue weighted by atomic mass is 35.5. The Morgan fingerprint density at radius 1 is 1.36 bits per heavy atom. The van der Waals surface area contributed by atoms with Gasteiger partial charge in [0.15, 0.2) is 0 Å². The standard InChI is InChI=1S/C12H9ClFNO4S2.ClH/c1-6-8(5-11(20-6)21(17,18)19)12(16)15-7-2-3-10(14)9(13)4-7;/h2-5H,1H3,(H,15,16)(H,17,18,19);1H. The lowest BCUT2D eigenvalue weighted by atomic mass is 10.2. The number of carbonyl (C=O) groups excluding carboxylic acids is 1. The molecule has 5 nitrogen and oxygen atoms in total. The molecular formula is C12H10Cl2FNO4S2. The van der Waals surface area contributed by atoms with E-state index in [1.165, 1.54) is 12.1 Å². The second kappa shape index (κ2) is 6.93. The molecule has 0 radical (unpaired) electrons. The van der Waals surface area contributed by atoms with E-state index in [1.54, 1.807) is 6.92 Å². The van der Waals surface area contributed by atoms with E-state index < -0.39 is 21.8 Å². The Labute approximate surface area is 141 Å². The van der Waals surface area contributed by atoms with Crippen LogP contribution in [0.1, 0.15) is 15.2 Å². The topological polar surface area (TPSA) is 83.5 Å². The highest BCUT2D eigenvalue weighted by Crippen LogP contribution is 2.27. The molecule has 0 aliphatic carbocycles. The van der Waals surface area contributed by atoms with E-state index in [0.717, 1.165) is 23.5 Å². The van der Waals surface area contributed by atoms with Gasteiger partial charge in [0.25, 0.3) is 5.91 Å². The van der Waals surface area contributed by atoms with Gasteiger partial charge in [-0.15, -0.1) is 23.7 Å². The Kier molecular flexibility index (Phi) is 5.94. The number of halogens is 3. The van der Waals surface area contributed by atoms with Crippen molar-refractivity contribution in [2.75, 3.05) is 5.32 Å². The number of nitrogens with one attached hydrogen (secondary N) is 1. The highest BCUT2D eigenvalue weighted by molar-refractivity contribution is 7.88. The number of hydrogen-bond acceptors (Lipinski definition) is 4. The number of rotatable bonds is 3. The van der Waals surface area contributed by atoms with Crippen LogP contribution < -0.4 is 5.32 Å². The monoisotopic (exact) mass is 385 g/mol. The summed E-state index contributed by atoms with van der Waals surface area (Å²) in [5.41, 5.74) is 0.374. The molecule has 22 heavy (non-hydrogen) atoms. The Bertz CT molecular complexity index is 821. The number of hydrogen-bond donors (Lipinski definition) is 2. The first-order valence-electron chi connectivity index (χ1n) is 5.53. The molecule has 0 saturated carbocycles. The van der Waals surface area contributed by atoms with Crippen molar-refractivity contribution in [2.45, 2.75) is 11.1 Å². The first kappa shape index (κ1) is 18.9. The quantitative estimate of drug-likeness (QED) is 0.787. The lowest BCUT2D eigenvalue weighted by Gasteiger charge is -2.05. The lowest BCUT2D eigenvalue weighted by molar-refractivity contribution is 0.102. The number of anilines is 1. The van der Waals surface area contributed by atoms with Crippen LogP contribution in [-0.2, 0) is 10.1 Å². The smallest absolute Gasteiger partial charge is 0.304 e. The highest BCUT2D eigenvalue weighted by Gasteiger charge is 2.20. The first-order valence-corrected chi connectivity index (χ1v) is 8.16. The van der Waals surface area contributed by atoms with Crippen LogP contribution in [0.25, 0.3) is 0 Å². The molecule has 2 aromatic rings. The molecule has 0 unspecified atom stereocenters. The molecule has 0 atom stereocenters. The summed E-state index contributed by atoms with van der Waals surface area (Å²) in [5, 5.41) is 2.33. The van der Waals surface area contributed by atoms with Crippen LogP contribution in [0, 0.1) is 12.7 Å². The minimum Gasteiger partial charge on any atom is -0.322 e. The van der Waals surface area contributed by atoms with Gasteiger partial charge < -0.3 is 5.32 Å². The second-order valence-corrected chi connectivity index (χ2v) is 7.41. The van der Waals surface area contributed by atoms with Gasteiger partial charge in [0, 0.05) is 10.6 Å². The van der Waals surface area contributed by atoms with Crippen molar-refractivity contribution >= 4 is 57.1 Å². The number of amides is 1. The third kappa shape index (κ3) is 4.17. The van der Waals surface area contributed by atoms with Crippen LogP contribution in [0.2, 0.25) is 5.02 Å². The Hall–Kier alpha value is -1.19. The van der Waals surface area contributed by atoms with Gasteiger partial charge in [-0.2, -0.15) is 8.42 Å². The number of aryl methyl sites for hydroxylation is 1. The zero-order valence-electron chi connectivity index (χ0n) is 11.0.